The van der Waals surface area contributed by atoms with E-state index < -0.39 is 0 Å². The molecule has 4 rings (SSSR count). The number of halogens is 1. The first-order valence-electron chi connectivity index (χ1n) is 11.1. The van der Waals surface area contributed by atoms with E-state index in [1.807, 2.05) is 35.7 Å². The maximum atomic E-state index is 13.6. The van der Waals surface area contributed by atoms with Crippen molar-refractivity contribution in [3.63, 3.8) is 0 Å². The van der Waals surface area contributed by atoms with E-state index in [9.17, 15) is 9.59 Å². The van der Waals surface area contributed by atoms with Crippen molar-refractivity contribution in [1.82, 2.24) is 9.91 Å². The van der Waals surface area contributed by atoms with Crippen LogP contribution < -0.4 is 4.74 Å². The molecule has 0 radical (unpaired) electrons. The van der Waals surface area contributed by atoms with Crippen LogP contribution in [-0.4, -0.2) is 61.4 Å². The van der Waals surface area contributed by atoms with Gasteiger partial charge in [0.15, 0.2) is 0 Å². The Hall–Kier alpha value is -3.20. The van der Waals surface area contributed by atoms with E-state index in [1.165, 1.54) is 9.91 Å². The predicted octanol–water partition coefficient (Wildman–Crippen LogP) is 4.88. The Kier molecular flexibility index (Phi) is 8.17. The molecule has 0 unspecified atom stereocenters. The molecule has 1 aliphatic heterocycles. The topological polar surface area (TPSA) is 71.4 Å². The van der Waals surface area contributed by atoms with Gasteiger partial charge in [0.25, 0.3) is 11.8 Å². The first-order valence-corrected chi connectivity index (χ1v) is 12.4. The van der Waals surface area contributed by atoms with Crippen LogP contribution in [0.3, 0.4) is 0 Å². The normalized spacial score (nSPS) is 15.1. The van der Waals surface area contributed by atoms with Gasteiger partial charge < -0.3 is 14.4 Å². The molecule has 0 aliphatic carbocycles. The van der Waals surface area contributed by atoms with Crippen LogP contribution in [0.2, 0.25) is 5.02 Å². The van der Waals surface area contributed by atoms with E-state index in [1.54, 1.807) is 55.9 Å². The van der Waals surface area contributed by atoms with E-state index >= 15 is 0 Å². The van der Waals surface area contributed by atoms with Gasteiger partial charge in [0.1, 0.15) is 12.3 Å². The number of rotatable bonds is 9. The van der Waals surface area contributed by atoms with E-state index in [-0.39, 0.29) is 30.9 Å². The van der Waals surface area contributed by atoms with Crippen molar-refractivity contribution < 1.29 is 19.1 Å². The average molecular weight is 512 g/mol. The molecule has 0 saturated carbocycles. The molecule has 182 valence electrons. The molecule has 2 amide bonds. The zero-order chi connectivity index (χ0) is 24.8. The summed E-state index contributed by atoms with van der Waals surface area (Å²) in [5.41, 5.74) is 2.10. The Morgan fingerprint density at radius 2 is 1.89 bits per heavy atom. The number of methoxy groups -OCH3 is 2. The van der Waals surface area contributed by atoms with Crippen LogP contribution in [-0.2, 0) is 9.53 Å². The lowest BCUT2D eigenvalue weighted by Crippen LogP contribution is -2.42. The summed E-state index contributed by atoms with van der Waals surface area (Å²) in [5, 5.41) is 8.71. The Bertz CT molecular complexity index is 1200. The monoisotopic (exact) mass is 511 g/mol. The van der Waals surface area contributed by atoms with Crippen LogP contribution >= 0.6 is 22.9 Å². The summed E-state index contributed by atoms with van der Waals surface area (Å²) in [7, 11) is 3.13. The fourth-order valence-corrected chi connectivity index (χ4v) is 4.91. The summed E-state index contributed by atoms with van der Waals surface area (Å²) < 4.78 is 10.4. The number of thiophene rings is 1. The quantitative estimate of drug-likeness (QED) is 0.410. The molecule has 2 aromatic carbocycles. The highest BCUT2D eigenvalue weighted by Gasteiger charge is 2.35. The molecule has 1 aliphatic rings. The minimum Gasteiger partial charge on any atom is -0.497 e. The molecule has 0 spiro atoms. The van der Waals surface area contributed by atoms with Crippen molar-refractivity contribution in [3.8, 4) is 5.75 Å². The van der Waals surface area contributed by atoms with Gasteiger partial charge in [-0.2, -0.15) is 5.10 Å². The Labute approximate surface area is 213 Å². The van der Waals surface area contributed by atoms with Crippen LogP contribution in [0.4, 0.5) is 0 Å². The summed E-state index contributed by atoms with van der Waals surface area (Å²) in [6.07, 6.45) is 0.542. The molecule has 0 fully saturated rings. The molecule has 35 heavy (non-hydrogen) atoms. The molecule has 1 atom stereocenters. The highest BCUT2D eigenvalue weighted by molar-refractivity contribution is 7.12. The van der Waals surface area contributed by atoms with Gasteiger partial charge in [-0.15, -0.1) is 11.3 Å². The van der Waals surface area contributed by atoms with Gasteiger partial charge in [0.05, 0.1) is 30.3 Å². The van der Waals surface area contributed by atoms with Gasteiger partial charge in [-0.25, -0.2) is 5.01 Å². The van der Waals surface area contributed by atoms with Crippen LogP contribution in [0, 0.1) is 0 Å². The van der Waals surface area contributed by atoms with Crippen LogP contribution in [0.25, 0.3) is 0 Å². The van der Waals surface area contributed by atoms with Crippen molar-refractivity contribution in [2.45, 2.75) is 12.5 Å². The van der Waals surface area contributed by atoms with Gasteiger partial charge in [0, 0.05) is 30.7 Å². The molecular weight excluding hydrogens is 486 g/mol. The standard InChI is InChI=1S/C26H26ClN3O4S/c1-33-14-13-29(26(32)18-9-11-19(34-2)12-10-18)17-25(31)30-23(20-6-3-4-7-21(20)27)16-22(28-30)24-8-5-15-35-24/h3-12,15,23H,13-14,16-17H2,1-2H3/t23-/m0/s1. The minimum absolute atomic E-state index is 0.142. The molecule has 7 nitrogen and oxygen atoms in total. The summed E-state index contributed by atoms with van der Waals surface area (Å²) in [6.45, 7) is 0.419. The van der Waals surface area contributed by atoms with E-state index in [4.69, 9.17) is 21.1 Å². The summed E-state index contributed by atoms with van der Waals surface area (Å²) in [6, 6.07) is 17.8. The SMILES string of the molecule is COCCN(CC(=O)N1N=C(c2cccs2)C[C@H]1c1ccccc1Cl)C(=O)c1ccc(OC)cc1. The van der Waals surface area contributed by atoms with Gasteiger partial charge >= 0.3 is 0 Å². The number of carbonyl (C=O) groups is 2. The Morgan fingerprint density at radius 1 is 1.11 bits per heavy atom. The molecule has 2 heterocycles. The second-order valence-electron chi connectivity index (χ2n) is 7.95. The predicted molar refractivity (Wildman–Crippen MR) is 137 cm³/mol. The molecular formula is C26H26ClN3O4S. The molecule has 0 bridgehead atoms. The number of nitrogens with zero attached hydrogens (tertiary/aromatic N) is 3. The molecule has 9 heteroatoms. The summed E-state index contributed by atoms with van der Waals surface area (Å²) in [5.74, 6) is 0.0876. The lowest BCUT2D eigenvalue weighted by Gasteiger charge is -2.27. The largest absolute Gasteiger partial charge is 0.497 e. The molecule has 1 aromatic heterocycles. The highest BCUT2D eigenvalue weighted by Crippen LogP contribution is 2.37. The van der Waals surface area contributed by atoms with Crippen molar-refractivity contribution in [2.75, 3.05) is 33.9 Å². The first-order chi connectivity index (χ1) is 17.0. The van der Waals surface area contributed by atoms with E-state index in [2.05, 4.69) is 5.10 Å². The molecule has 0 N–H and O–H groups in total. The third kappa shape index (κ3) is 5.73. The Morgan fingerprint density at radius 3 is 2.54 bits per heavy atom. The number of ether oxygens (including phenoxy) is 2. The van der Waals surface area contributed by atoms with Crippen molar-refractivity contribution in [2.24, 2.45) is 5.10 Å². The fraction of sp³-hybridized carbons (Fsp3) is 0.269. The Balaban J connectivity index is 1.60. The lowest BCUT2D eigenvalue weighted by atomic mass is 10.0. The van der Waals surface area contributed by atoms with Crippen LogP contribution in [0.1, 0.15) is 33.3 Å². The smallest absolute Gasteiger partial charge is 0.262 e. The summed E-state index contributed by atoms with van der Waals surface area (Å²) >= 11 is 8.07. The fourth-order valence-electron chi connectivity index (χ4n) is 3.93. The van der Waals surface area contributed by atoms with Crippen LogP contribution in [0.5, 0.6) is 5.75 Å². The number of carbonyl (C=O) groups excluding carboxylic acids is 2. The van der Waals surface area contributed by atoms with Gasteiger partial charge in [-0.1, -0.05) is 35.9 Å². The second-order valence-corrected chi connectivity index (χ2v) is 9.31. The lowest BCUT2D eigenvalue weighted by molar-refractivity contribution is -0.133. The van der Waals surface area contributed by atoms with Crippen molar-refractivity contribution >= 4 is 40.5 Å². The second kappa shape index (κ2) is 11.5. The number of hydrogen-bond acceptors (Lipinski definition) is 6. The first kappa shape index (κ1) is 24.9. The van der Waals surface area contributed by atoms with Crippen LogP contribution in [0.15, 0.2) is 71.1 Å². The molecule has 0 saturated heterocycles. The van der Waals surface area contributed by atoms with Crippen molar-refractivity contribution in [3.05, 3.63) is 87.1 Å². The number of hydrazone groups is 1. The zero-order valence-corrected chi connectivity index (χ0v) is 21.1. The van der Waals surface area contributed by atoms with E-state index in [0.717, 1.165) is 16.2 Å². The third-order valence-corrected chi connectivity index (χ3v) is 7.01. The third-order valence-electron chi connectivity index (χ3n) is 5.75. The highest BCUT2D eigenvalue weighted by atomic mass is 35.5. The molecule has 3 aromatic rings. The van der Waals surface area contributed by atoms with Gasteiger partial charge in [-0.3, -0.25) is 9.59 Å². The van der Waals surface area contributed by atoms with E-state index in [0.29, 0.717) is 29.4 Å². The summed E-state index contributed by atoms with van der Waals surface area (Å²) in [4.78, 5) is 29.3. The maximum absolute atomic E-state index is 13.6. The van der Waals surface area contributed by atoms with Crippen molar-refractivity contribution in [1.29, 1.82) is 0 Å². The minimum atomic E-state index is -0.353. The average Bonchev–Trinajstić information content (AvgIpc) is 3.57. The number of benzene rings is 2. The number of amides is 2. The van der Waals surface area contributed by atoms with Gasteiger partial charge in [-0.05, 0) is 47.3 Å². The number of hydrogen-bond donors (Lipinski definition) is 0. The maximum Gasteiger partial charge on any atom is 0.262 e. The zero-order valence-electron chi connectivity index (χ0n) is 19.5. The van der Waals surface area contributed by atoms with Gasteiger partial charge in [0.2, 0.25) is 0 Å².